The maximum atomic E-state index is 13.0. The number of halogens is 3. The Morgan fingerprint density at radius 2 is 2.08 bits per heavy atom. The number of nitrogens with zero attached hydrogens (tertiary/aromatic N) is 4. The second-order valence-electron chi connectivity index (χ2n) is 6.07. The van der Waals surface area contributed by atoms with Crippen LogP contribution in [0.3, 0.4) is 0 Å². The van der Waals surface area contributed by atoms with Gasteiger partial charge in [-0.05, 0) is 12.5 Å². The Morgan fingerprint density at radius 3 is 2.77 bits per heavy atom. The number of nitrogens with one attached hydrogen (secondary N) is 2. The Hall–Kier alpha value is -3.11. The average Bonchev–Trinajstić information content (AvgIpc) is 3.23. The van der Waals surface area contributed by atoms with E-state index in [0.717, 1.165) is 0 Å². The molecule has 8 nitrogen and oxygen atoms in total. The molecule has 4 heterocycles. The minimum absolute atomic E-state index is 0.00668. The summed E-state index contributed by atoms with van der Waals surface area (Å²) in [5.74, 6) is -1.41. The fourth-order valence-electron chi connectivity index (χ4n) is 3.11. The van der Waals surface area contributed by atoms with Crippen molar-refractivity contribution in [1.29, 1.82) is 0 Å². The fourth-order valence-corrected chi connectivity index (χ4v) is 3.11. The Morgan fingerprint density at radius 1 is 1.27 bits per heavy atom. The van der Waals surface area contributed by atoms with Gasteiger partial charge in [-0.1, -0.05) is 0 Å². The standard InChI is InChI=1S/C15H13F3N6O2/c16-15(17,18)8-1-3-23(7-8)11-5-10(22-24-4-2-19-12(11)24)9-6-20-14(26)21-13(9)25/h2,4-6,8H,1,3,7H2,(H2,20,21,25,26)/t8-/m1/s1. The number of anilines is 1. The van der Waals surface area contributed by atoms with Crippen LogP contribution in [0.1, 0.15) is 6.42 Å². The van der Waals surface area contributed by atoms with E-state index in [4.69, 9.17) is 0 Å². The van der Waals surface area contributed by atoms with E-state index in [9.17, 15) is 22.8 Å². The van der Waals surface area contributed by atoms with Crippen LogP contribution in [0.5, 0.6) is 0 Å². The van der Waals surface area contributed by atoms with Gasteiger partial charge in [-0.25, -0.2) is 14.3 Å². The van der Waals surface area contributed by atoms with Crippen LogP contribution < -0.4 is 16.1 Å². The summed E-state index contributed by atoms with van der Waals surface area (Å²) in [6, 6.07) is 1.52. The highest BCUT2D eigenvalue weighted by Gasteiger charge is 2.44. The number of fused-ring (bicyclic) bond motifs is 1. The molecule has 1 aliphatic heterocycles. The van der Waals surface area contributed by atoms with Gasteiger partial charge in [-0.2, -0.15) is 18.3 Å². The molecule has 4 rings (SSSR count). The zero-order chi connectivity index (χ0) is 18.5. The van der Waals surface area contributed by atoms with Crippen molar-refractivity contribution in [1.82, 2.24) is 24.6 Å². The van der Waals surface area contributed by atoms with Crippen molar-refractivity contribution in [2.24, 2.45) is 5.92 Å². The molecule has 0 unspecified atom stereocenters. The van der Waals surface area contributed by atoms with Gasteiger partial charge in [0, 0.05) is 31.7 Å². The van der Waals surface area contributed by atoms with Crippen molar-refractivity contribution in [2.75, 3.05) is 18.0 Å². The summed E-state index contributed by atoms with van der Waals surface area (Å²) in [5.41, 5.74) is -0.113. The lowest BCUT2D eigenvalue weighted by Gasteiger charge is -2.20. The molecule has 1 saturated heterocycles. The molecular weight excluding hydrogens is 353 g/mol. The topological polar surface area (TPSA) is 99.2 Å². The van der Waals surface area contributed by atoms with Gasteiger partial charge in [0.05, 0.1) is 17.2 Å². The quantitative estimate of drug-likeness (QED) is 0.709. The van der Waals surface area contributed by atoms with Gasteiger partial charge in [0.15, 0.2) is 5.65 Å². The van der Waals surface area contributed by atoms with E-state index in [1.807, 2.05) is 0 Å². The van der Waals surface area contributed by atoms with Crippen molar-refractivity contribution < 1.29 is 13.2 Å². The van der Waals surface area contributed by atoms with Gasteiger partial charge in [-0.15, -0.1) is 0 Å². The largest absolute Gasteiger partial charge is 0.393 e. The third-order valence-corrected chi connectivity index (χ3v) is 4.43. The van der Waals surface area contributed by atoms with Gasteiger partial charge >= 0.3 is 11.9 Å². The van der Waals surface area contributed by atoms with Crippen LogP contribution in [-0.2, 0) is 0 Å². The zero-order valence-corrected chi connectivity index (χ0v) is 13.2. The number of H-pyrrole nitrogens is 2. The zero-order valence-electron chi connectivity index (χ0n) is 13.2. The molecule has 136 valence electrons. The predicted molar refractivity (Wildman–Crippen MR) is 86.0 cm³/mol. The fraction of sp³-hybridized carbons (Fsp3) is 0.333. The molecule has 3 aromatic rings. The Bertz CT molecular complexity index is 1080. The van der Waals surface area contributed by atoms with Gasteiger partial charge in [-0.3, -0.25) is 9.78 Å². The number of rotatable bonds is 2. The highest BCUT2D eigenvalue weighted by atomic mass is 19.4. The number of hydrogen-bond acceptors (Lipinski definition) is 5. The maximum Gasteiger partial charge on any atom is 0.393 e. The molecule has 0 aliphatic carbocycles. The number of hydrogen-bond donors (Lipinski definition) is 2. The minimum Gasteiger partial charge on any atom is -0.368 e. The number of aromatic nitrogens is 5. The first kappa shape index (κ1) is 16.4. The first-order chi connectivity index (χ1) is 12.3. The SMILES string of the molecule is O=c1[nH]cc(-c2cc(N3CC[C@@H](C(F)(F)F)C3)c3nccn3n2)c(=O)[nH]1. The van der Waals surface area contributed by atoms with Gasteiger partial charge in [0.1, 0.15) is 5.69 Å². The Kier molecular flexibility index (Phi) is 3.60. The van der Waals surface area contributed by atoms with E-state index in [1.165, 1.54) is 23.0 Å². The summed E-state index contributed by atoms with van der Waals surface area (Å²) in [6.45, 7) is 0.0373. The van der Waals surface area contributed by atoms with Crippen LogP contribution >= 0.6 is 0 Å². The second kappa shape index (κ2) is 5.71. The van der Waals surface area contributed by atoms with E-state index < -0.39 is 23.3 Å². The van der Waals surface area contributed by atoms with Crippen LogP contribution in [0, 0.1) is 5.92 Å². The van der Waals surface area contributed by atoms with Crippen molar-refractivity contribution in [3.63, 3.8) is 0 Å². The first-order valence-electron chi connectivity index (χ1n) is 7.81. The summed E-state index contributed by atoms with van der Waals surface area (Å²) < 4.78 is 40.4. The molecule has 1 atom stereocenters. The molecule has 26 heavy (non-hydrogen) atoms. The van der Waals surface area contributed by atoms with Crippen molar-refractivity contribution in [2.45, 2.75) is 12.6 Å². The van der Waals surface area contributed by atoms with Crippen LogP contribution in [-0.4, -0.2) is 43.8 Å². The van der Waals surface area contributed by atoms with E-state index >= 15 is 0 Å². The van der Waals surface area contributed by atoms with E-state index in [2.05, 4.69) is 20.1 Å². The lowest BCUT2D eigenvalue weighted by Crippen LogP contribution is -2.28. The molecule has 0 amide bonds. The van der Waals surface area contributed by atoms with Crippen LogP contribution in [0.25, 0.3) is 16.9 Å². The molecule has 1 fully saturated rings. The second-order valence-corrected chi connectivity index (χ2v) is 6.07. The summed E-state index contributed by atoms with van der Waals surface area (Å²) >= 11 is 0. The highest BCUT2D eigenvalue weighted by molar-refractivity contribution is 5.74. The van der Waals surface area contributed by atoms with Gasteiger partial charge < -0.3 is 9.88 Å². The Labute approximate surface area is 143 Å². The Balaban J connectivity index is 1.81. The third kappa shape index (κ3) is 2.74. The van der Waals surface area contributed by atoms with E-state index in [1.54, 1.807) is 11.1 Å². The molecule has 0 saturated carbocycles. The molecule has 1 aliphatic rings. The van der Waals surface area contributed by atoms with Crippen molar-refractivity contribution >= 4 is 11.3 Å². The third-order valence-electron chi connectivity index (χ3n) is 4.43. The molecule has 0 radical (unpaired) electrons. The van der Waals surface area contributed by atoms with E-state index in [-0.39, 0.29) is 30.8 Å². The van der Waals surface area contributed by atoms with Crippen LogP contribution in [0.2, 0.25) is 0 Å². The molecular formula is C15H13F3N6O2. The molecule has 0 aromatic carbocycles. The molecule has 11 heteroatoms. The molecule has 2 N–H and O–H groups in total. The van der Waals surface area contributed by atoms with Gasteiger partial charge in [0.25, 0.3) is 5.56 Å². The summed E-state index contributed by atoms with van der Waals surface area (Å²) in [7, 11) is 0. The molecule has 0 bridgehead atoms. The van der Waals surface area contributed by atoms with Crippen molar-refractivity contribution in [3.05, 3.63) is 45.5 Å². The first-order valence-corrected chi connectivity index (χ1v) is 7.81. The number of alkyl halides is 3. The average molecular weight is 366 g/mol. The monoisotopic (exact) mass is 366 g/mol. The lowest BCUT2D eigenvalue weighted by molar-refractivity contribution is -0.168. The maximum absolute atomic E-state index is 13.0. The van der Waals surface area contributed by atoms with E-state index in [0.29, 0.717) is 11.3 Å². The minimum atomic E-state index is -4.26. The lowest BCUT2D eigenvalue weighted by atomic mass is 10.1. The summed E-state index contributed by atoms with van der Waals surface area (Å²) in [5, 5.41) is 4.26. The van der Waals surface area contributed by atoms with Crippen LogP contribution in [0.15, 0.2) is 34.2 Å². The normalized spacial score (nSPS) is 18.0. The number of aromatic amines is 2. The van der Waals surface area contributed by atoms with Gasteiger partial charge in [0.2, 0.25) is 0 Å². The van der Waals surface area contributed by atoms with Crippen molar-refractivity contribution in [3.8, 4) is 11.3 Å². The number of imidazole rings is 1. The summed E-state index contributed by atoms with van der Waals surface area (Å²) in [4.78, 5) is 33.4. The molecule has 0 spiro atoms. The summed E-state index contributed by atoms with van der Waals surface area (Å²) in [6.07, 6.45) is -0.0261. The van der Waals surface area contributed by atoms with Crippen LogP contribution in [0.4, 0.5) is 18.9 Å². The predicted octanol–water partition coefficient (Wildman–Crippen LogP) is 1.16. The molecule has 3 aromatic heterocycles. The highest BCUT2D eigenvalue weighted by Crippen LogP contribution is 2.37. The smallest absolute Gasteiger partial charge is 0.368 e.